The van der Waals surface area contributed by atoms with Gasteiger partial charge in [-0.1, -0.05) is 22.9 Å². The molecule has 1 aromatic heterocycles. The van der Waals surface area contributed by atoms with Gasteiger partial charge in [-0.25, -0.2) is 0 Å². The Morgan fingerprint density at radius 2 is 1.58 bits per heavy atom. The van der Waals surface area contributed by atoms with E-state index in [9.17, 15) is 4.79 Å². The summed E-state index contributed by atoms with van der Waals surface area (Å²) in [6.07, 6.45) is 0. The van der Waals surface area contributed by atoms with E-state index in [1.807, 2.05) is 68.4 Å². The molecule has 0 unspecified atom stereocenters. The summed E-state index contributed by atoms with van der Waals surface area (Å²) in [5.41, 5.74) is 2.91. The third kappa shape index (κ3) is 6.16. The number of ether oxygens (including phenoxy) is 1. The van der Waals surface area contributed by atoms with Crippen molar-refractivity contribution < 1.29 is 14.1 Å². The predicted molar refractivity (Wildman–Crippen MR) is 119 cm³/mol. The van der Waals surface area contributed by atoms with Crippen LogP contribution >= 0.6 is 0 Å². The molecule has 1 fully saturated rings. The molecule has 2 heterocycles. The maximum absolute atomic E-state index is 12.4. The smallest absolute Gasteiger partial charge is 0.238 e. The highest BCUT2D eigenvalue weighted by atomic mass is 16.5. The van der Waals surface area contributed by atoms with Crippen molar-refractivity contribution in [1.29, 1.82) is 0 Å². The Morgan fingerprint density at radius 3 is 2.19 bits per heavy atom. The van der Waals surface area contributed by atoms with Gasteiger partial charge in [0.25, 0.3) is 0 Å². The predicted octanol–water partition coefficient (Wildman–Crippen LogP) is 3.84. The Hall–Kier alpha value is -3.16. The highest BCUT2D eigenvalue weighted by Gasteiger charge is 2.20. The van der Waals surface area contributed by atoms with Crippen molar-refractivity contribution in [2.75, 3.05) is 38.0 Å². The first-order valence-electron chi connectivity index (χ1n) is 10.5. The van der Waals surface area contributed by atoms with E-state index in [1.165, 1.54) is 5.56 Å². The Bertz CT molecular complexity index is 990. The summed E-state index contributed by atoms with van der Waals surface area (Å²) >= 11 is 0. The number of aromatic nitrogens is 1. The van der Waals surface area contributed by atoms with Crippen molar-refractivity contribution in [3.05, 3.63) is 71.6 Å². The molecule has 3 aromatic rings. The second kappa shape index (κ2) is 9.76. The first kappa shape index (κ1) is 21.1. The van der Waals surface area contributed by atoms with Gasteiger partial charge in [0.15, 0.2) is 0 Å². The van der Waals surface area contributed by atoms with Crippen molar-refractivity contribution in [1.82, 2.24) is 15.0 Å². The molecule has 2 aromatic carbocycles. The quantitative estimate of drug-likeness (QED) is 0.626. The SMILES string of the molecule is Cc1ccc(Oc2ccc(NC(=O)CN3CCN(Cc4cc(C)on4)CC3)cc2)cc1. The van der Waals surface area contributed by atoms with Crippen molar-refractivity contribution in [2.45, 2.75) is 20.4 Å². The third-order valence-corrected chi connectivity index (χ3v) is 5.29. The van der Waals surface area contributed by atoms with Gasteiger partial charge in [0.1, 0.15) is 17.3 Å². The molecule has 0 saturated carbocycles. The van der Waals surface area contributed by atoms with E-state index in [4.69, 9.17) is 9.26 Å². The molecule has 7 heteroatoms. The number of nitrogens with zero attached hydrogens (tertiary/aromatic N) is 3. The maximum Gasteiger partial charge on any atom is 0.238 e. The average Bonchev–Trinajstić information content (AvgIpc) is 3.17. The van der Waals surface area contributed by atoms with Crippen LogP contribution in [0, 0.1) is 13.8 Å². The van der Waals surface area contributed by atoms with Crippen molar-refractivity contribution in [3.63, 3.8) is 0 Å². The number of carbonyl (C=O) groups is 1. The summed E-state index contributed by atoms with van der Waals surface area (Å²) in [5, 5.41) is 7.02. The van der Waals surface area contributed by atoms with Crippen LogP contribution in [0.4, 0.5) is 5.69 Å². The number of anilines is 1. The Labute approximate surface area is 182 Å². The van der Waals surface area contributed by atoms with Gasteiger partial charge in [-0.3, -0.25) is 14.6 Å². The Kier molecular flexibility index (Phi) is 6.64. The van der Waals surface area contributed by atoms with E-state index in [0.29, 0.717) is 6.54 Å². The molecule has 0 spiro atoms. The molecule has 1 N–H and O–H groups in total. The average molecular weight is 421 g/mol. The van der Waals surface area contributed by atoms with Crippen LogP contribution in [0.5, 0.6) is 11.5 Å². The molecule has 4 rings (SSSR count). The molecular formula is C24H28N4O3. The summed E-state index contributed by atoms with van der Waals surface area (Å²) in [4.78, 5) is 17.0. The summed E-state index contributed by atoms with van der Waals surface area (Å²) in [6.45, 7) is 8.64. The van der Waals surface area contributed by atoms with Crippen LogP contribution in [0.25, 0.3) is 0 Å². The van der Waals surface area contributed by atoms with Crippen LogP contribution in [-0.2, 0) is 11.3 Å². The van der Waals surface area contributed by atoms with Gasteiger partial charge in [0, 0.05) is 44.5 Å². The lowest BCUT2D eigenvalue weighted by Crippen LogP contribution is -2.48. The second-order valence-corrected chi connectivity index (χ2v) is 7.97. The lowest BCUT2D eigenvalue weighted by atomic mass is 10.2. The van der Waals surface area contributed by atoms with E-state index in [-0.39, 0.29) is 5.91 Å². The van der Waals surface area contributed by atoms with Crippen molar-refractivity contribution in [3.8, 4) is 11.5 Å². The molecule has 31 heavy (non-hydrogen) atoms. The van der Waals surface area contributed by atoms with Gasteiger partial charge in [-0.05, 0) is 50.2 Å². The second-order valence-electron chi connectivity index (χ2n) is 7.97. The van der Waals surface area contributed by atoms with Crippen molar-refractivity contribution >= 4 is 11.6 Å². The highest BCUT2D eigenvalue weighted by Crippen LogP contribution is 2.23. The fraction of sp³-hybridized carbons (Fsp3) is 0.333. The minimum absolute atomic E-state index is 0.00669. The molecule has 1 saturated heterocycles. The van der Waals surface area contributed by atoms with Crippen LogP contribution in [0.2, 0.25) is 0 Å². The van der Waals surface area contributed by atoms with Gasteiger partial charge in [0.05, 0.1) is 12.2 Å². The van der Waals surface area contributed by atoms with Gasteiger partial charge in [-0.2, -0.15) is 0 Å². The number of hydrogen-bond acceptors (Lipinski definition) is 6. The molecule has 0 aliphatic carbocycles. The third-order valence-electron chi connectivity index (χ3n) is 5.29. The number of rotatable bonds is 7. The summed E-state index contributed by atoms with van der Waals surface area (Å²) in [7, 11) is 0. The number of hydrogen-bond donors (Lipinski definition) is 1. The molecule has 0 bridgehead atoms. The lowest BCUT2D eigenvalue weighted by molar-refractivity contribution is -0.117. The van der Waals surface area contributed by atoms with E-state index >= 15 is 0 Å². The van der Waals surface area contributed by atoms with Crippen LogP contribution in [0.1, 0.15) is 17.0 Å². The van der Waals surface area contributed by atoms with Gasteiger partial charge >= 0.3 is 0 Å². The number of amides is 1. The molecule has 162 valence electrons. The van der Waals surface area contributed by atoms with Gasteiger partial charge < -0.3 is 14.6 Å². The minimum atomic E-state index is -0.00669. The molecular weight excluding hydrogens is 392 g/mol. The topological polar surface area (TPSA) is 70.8 Å². The number of piperazine rings is 1. The lowest BCUT2D eigenvalue weighted by Gasteiger charge is -2.33. The summed E-state index contributed by atoms with van der Waals surface area (Å²) < 4.78 is 11.0. The zero-order valence-corrected chi connectivity index (χ0v) is 18.0. The largest absolute Gasteiger partial charge is 0.457 e. The number of carbonyl (C=O) groups excluding carboxylic acids is 1. The van der Waals surface area contributed by atoms with E-state index in [2.05, 4.69) is 20.3 Å². The van der Waals surface area contributed by atoms with Gasteiger partial charge in [-0.15, -0.1) is 0 Å². The molecule has 1 aliphatic heterocycles. The molecule has 0 radical (unpaired) electrons. The van der Waals surface area contributed by atoms with E-state index in [1.54, 1.807) is 0 Å². The van der Waals surface area contributed by atoms with E-state index in [0.717, 1.165) is 61.4 Å². The Morgan fingerprint density at radius 1 is 0.968 bits per heavy atom. The summed E-state index contributed by atoms with van der Waals surface area (Å²) in [5.74, 6) is 2.35. The zero-order chi connectivity index (χ0) is 21.6. The number of nitrogens with one attached hydrogen (secondary N) is 1. The fourth-order valence-electron chi connectivity index (χ4n) is 3.58. The number of aryl methyl sites for hydroxylation is 2. The van der Waals surface area contributed by atoms with Crippen molar-refractivity contribution in [2.24, 2.45) is 0 Å². The van der Waals surface area contributed by atoms with Crippen LogP contribution in [-0.4, -0.2) is 53.6 Å². The number of benzene rings is 2. The molecule has 7 nitrogen and oxygen atoms in total. The Balaban J connectivity index is 1.20. The first-order valence-corrected chi connectivity index (χ1v) is 10.5. The fourth-order valence-corrected chi connectivity index (χ4v) is 3.58. The minimum Gasteiger partial charge on any atom is -0.457 e. The van der Waals surface area contributed by atoms with Gasteiger partial charge in [0.2, 0.25) is 5.91 Å². The molecule has 1 aliphatic rings. The molecule has 0 atom stereocenters. The molecule has 1 amide bonds. The van der Waals surface area contributed by atoms with Crippen LogP contribution < -0.4 is 10.1 Å². The first-order chi connectivity index (χ1) is 15.0. The zero-order valence-electron chi connectivity index (χ0n) is 18.0. The van der Waals surface area contributed by atoms with E-state index < -0.39 is 0 Å². The van der Waals surface area contributed by atoms with Crippen LogP contribution in [0.3, 0.4) is 0 Å². The summed E-state index contributed by atoms with van der Waals surface area (Å²) in [6, 6.07) is 17.3. The standard InChI is InChI=1S/C24H28N4O3/c1-18-3-7-22(8-4-18)30-23-9-5-20(6-10-23)25-24(29)17-28-13-11-27(12-14-28)16-21-15-19(2)31-26-21/h3-10,15H,11-14,16-17H2,1-2H3,(H,25,29). The normalized spacial score (nSPS) is 15.0. The monoisotopic (exact) mass is 420 g/mol. The van der Waals surface area contributed by atoms with Crippen LogP contribution in [0.15, 0.2) is 59.1 Å². The highest BCUT2D eigenvalue weighted by molar-refractivity contribution is 5.92. The maximum atomic E-state index is 12.4.